The largest absolute Gasteiger partial charge is 0.497 e. The summed E-state index contributed by atoms with van der Waals surface area (Å²) in [5.41, 5.74) is 7.18. The molecule has 1 heterocycles. The van der Waals surface area contributed by atoms with Gasteiger partial charge in [-0.3, -0.25) is 9.59 Å². The molecular formula is C18H17N3O3. The van der Waals surface area contributed by atoms with Gasteiger partial charge in [0.05, 0.1) is 7.11 Å². The summed E-state index contributed by atoms with van der Waals surface area (Å²) in [5, 5.41) is 3.53. The van der Waals surface area contributed by atoms with Gasteiger partial charge < -0.3 is 20.8 Å². The van der Waals surface area contributed by atoms with Crippen LogP contribution in [0.1, 0.15) is 22.1 Å². The zero-order chi connectivity index (χ0) is 17.1. The Morgan fingerprint density at radius 1 is 1.12 bits per heavy atom. The van der Waals surface area contributed by atoms with Crippen LogP contribution in [-0.2, 0) is 4.79 Å². The molecule has 4 N–H and O–H groups in total. The summed E-state index contributed by atoms with van der Waals surface area (Å²) >= 11 is 0. The third-order valence-electron chi connectivity index (χ3n) is 3.77. The summed E-state index contributed by atoms with van der Waals surface area (Å²) in [6.07, 6.45) is 0. The zero-order valence-corrected chi connectivity index (χ0v) is 13.1. The van der Waals surface area contributed by atoms with E-state index in [1.165, 1.54) is 0 Å². The van der Waals surface area contributed by atoms with Gasteiger partial charge in [-0.15, -0.1) is 0 Å². The molecule has 0 radical (unpaired) electrons. The average Bonchev–Trinajstić information content (AvgIpc) is 3.03. The van der Waals surface area contributed by atoms with Crippen molar-refractivity contribution in [3.05, 3.63) is 65.9 Å². The molecule has 0 aliphatic rings. The second-order valence-corrected chi connectivity index (χ2v) is 5.36. The third kappa shape index (κ3) is 3.08. The molecule has 1 unspecified atom stereocenters. The van der Waals surface area contributed by atoms with Crippen LogP contribution in [0.25, 0.3) is 10.9 Å². The van der Waals surface area contributed by atoms with E-state index in [1.54, 1.807) is 43.5 Å². The number of aromatic nitrogens is 1. The van der Waals surface area contributed by atoms with Crippen LogP contribution in [0, 0.1) is 0 Å². The number of ether oxygens (including phenoxy) is 1. The molecule has 2 aromatic carbocycles. The normalized spacial score (nSPS) is 11.9. The SMILES string of the molecule is COc1ccc2cc(C(=O)NC(C(N)=O)c3ccccc3)[nH]c2c1. The van der Waals surface area contributed by atoms with Crippen LogP contribution in [0.3, 0.4) is 0 Å². The van der Waals surface area contributed by atoms with Gasteiger partial charge in [0.25, 0.3) is 5.91 Å². The third-order valence-corrected chi connectivity index (χ3v) is 3.77. The summed E-state index contributed by atoms with van der Waals surface area (Å²) in [6.45, 7) is 0. The molecule has 24 heavy (non-hydrogen) atoms. The van der Waals surface area contributed by atoms with Crippen molar-refractivity contribution in [3.8, 4) is 5.75 Å². The number of amides is 2. The predicted molar refractivity (Wildman–Crippen MR) is 90.7 cm³/mol. The van der Waals surface area contributed by atoms with Crippen LogP contribution in [0.2, 0.25) is 0 Å². The highest BCUT2D eigenvalue weighted by Crippen LogP contribution is 2.22. The fourth-order valence-corrected chi connectivity index (χ4v) is 2.53. The Hall–Kier alpha value is -3.28. The van der Waals surface area contributed by atoms with Crippen LogP contribution in [-0.4, -0.2) is 23.9 Å². The number of hydrogen-bond donors (Lipinski definition) is 3. The van der Waals surface area contributed by atoms with Crippen molar-refractivity contribution in [3.63, 3.8) is 0 Å². The number of nitrogens with two attached hydrogens (primary N) is 1. The van der Waals surface area contributed by atoms with E-state index in [2.05, 4.69) is 10.3 Å². The van der Waals surface area contributed by atoms with Crippen molar-refractivity contribution in [1.82, 2.24) is 10.3 Å². The van der Waals surface area contributed by atoms with Gasteiger partial charge in [-0.2, -0.15) is 0 Å². The maximum atomic E-state index is 12.5. The number of hydrogen-bond acceptors (Lipinski definition) is 3. The number of aromatic amines is 1. The molecule has 0 spiro atoms. The molecule has 0 bridgehead atoms. The van der Waals surface area contributed by atoms with Crippen LogP contribution in [0.15, 0.2) is 54.6 Å². The van der Waals surface area contributed by atoms with Gasteiger partial charge >= 0.3 is 0 Å². The second kappa shape index (κ2) is 6.45. The lowest BCUT2D eigenvalue weighted by Gasteiger charge is -2.15. The quantitative estimate of drug-likeness (QED) is 0.671. The van der Waals surface area contributed by atoms with Gasteiger partial charge in [-0.05, 0) is 23.8 Å². The fourth-order valence-electron chi connectivity index (χ4n) is 2.53. The van der Waals surface area contributed by atoms with E-state index in [-0.39, 0.29) is 0 Å². The van der Waals surface area contributed by atoms with Crippen molar-refractivity contribution in [2.24, 2.45) is 5.73 Å². The smallest absolute Gasteiger partial charge is 0.268 e. The summed E-state index contributed by atoms with van der Waals surface area (Å²) in [4.78, 5) is 27.2. The molecule has 3 aromatic rings. The minimum atomic E-state index is -0.889. The monoisotopic (exact) mass is 323 g/mol. The summed E-state index contributed by atoms with van der Waals surface area (Å²) < 4.78 is 5.16. The number of fused-ring (bicyclic) bond motifs is 1. The molecule has 0 aliphatic heterocycles. The van der Waals surface area contributed by atoms with E-state index < -0.39 is 17.9 Å². The first-order chi connectivity index (χ1) is 11.6. The Labute approximate surface area is 138 Å². The fraction of sp³-hybridized carbons (Fsp3) is 0.111. The van der Waals surface area contributed by atoms with Crippen molar-refractivity contribution >= 4 is 22.7 Å². The van der Waals surface area contributed by atoms with Crippen LogP contribution >= 0.6 is 0 Å². The highest BCUT2D eigenvalue weighted by molar-refractivity contribution is 6.00. The number of benzene rings is 2. The van der Waals surface area contributed by atoms with Gasteiger partial charge in [0, 0.05) is 17.0 Å². The number of rotatable bonds is 5. The molecule has 6 heteroatoms. The maximum absolute atomic E-state index is 12.5. The Bertz CT molecular complexity index is 887. The van der Waals surface area contributed by atoms with E-state index in [0.29, 0.717) is 17.0 Å². The highest BCUT2D eigenvalue weighted by Gasteiger charge is 2.21. The Morgan fingerprint density at radius 3 is 2.54 bits per heavy atom. The predicted octanol–water partition coefficient (Wildman–Crippen LogP) is 2.13. The minimum absolute atomic E-state index is 0.348. The number of carbonyl (C=O) groups excluding carboxylic acids is 2. The van der Waals surface area contributed by atoms with Gasteiger partial charge in [0.15, 0.2) is 0 Å². The molecule has 122 valence electrons. The van der Waals surface area contributed by atoms with Crippen molar-refractivity contribution < 1.29 is 14.3 Å². The lowest BCUT2D eigenvalue weighted by Crippen LogP contribution is -2.37. The Morgan fingerprint density at radius 2 is 1.88 bits per heavy atom. The summed E-state index contributed by atoms with van der Waals surface area (Å²) in [7, 11) is 1.58. The molecular weight excluding hydrogens is 306 g/mol. The standard InChI is InChI=1S/C18H17N3O3/c1-24-13-8-7-12-9-15(20-14(12)10-13)18(23)21-16(17(19)22)11-5-3-2-4-6-11/h2-10,16,20H,1H3,(H2,19,22)(H,21,23). The van der Waals surface area contributed by atoms with Crippen LogP contribution in [0.5, 0.6) is 5.75 Å². The summed E-state index contributed by atoms with van der Waals surface area (Å²) in [5.74, 6) is -0.333. The van der Waals surface area contributed by atoms with Crippen LogP contribution < -0.4 is 15.8 Å². The number of H-pyrrole nitrogens is 1. The lowest BCUT2D eigenvalue weighted by atomic mass is 10.1. The van der Waals surface area contributed by atoms with Gasteiger partial charge in [0.2, 0.25) is 5.91 Å². The number of primary amides is 1. The van der Waals surface area contributed by atoms with E-state index in [9.17, 15) is 9.59 Å². The van der Waals surface area contributed by atoms with Crippen LogP contribution in [0.4, 0.5) is 0 Å². The molecule has 0 aliphatic carbocycles. The number of nitrogens with one attached hydrogen (secondary N) is 2. The van der Waals surface area contributed by atoms with Gasteiger partial charge in [0.1, 0.15) is 17.5 Å². The molecule has 2 amide bonds. The molecule has 3 rings (SSSR count). The first kappa shape index (κ1) is 15.6. The molecule has 1 aromatic heterocycles. The first-order valence-corrected chi connectivity index (χ1v) is 7.40. The van der Waals surface area contributed by atoms with E-state index in [1.807, 2.05) is 18.2 Å². The zero-order valence-electron chi connectivity index (χ0n) is 13.1. The molecule has 0 saturated heterocycles. The first-order valence-electron chi connectivity index (χ1n) is 7.40. The molecule has 6 nitrogen and oxygen atoms in total. The Kier molecular flexibility index (Phi) is 4.20. The topological polar surface area (TPSA) is 97.2 Å². The second-order valence-electron chi connectivity index (χ2n) is 5.36. The molecule has 0 fully saturated rings. The van der Waals surface area contributed by atoms with E-state index in [4.69, 9.17) is 10.5 Å². The number of carbonyl (C=O) groups is 2. The minimum Gasteiger partial charge on any atom is -0.497 e. The lowest BCUT2D eigenvalue weighted by molar-refractivity contribution is -0.120. The molecule has 0 saturated carbocycles. The van der Waals surface area contributed by atoms with Crippen molar-refractivity contribution in [2.75, 3.05) is 7.11 Å². The van der Waals surface area contributed by atoms with E-state index >= 15 is 0 Å². The highest BCUT2D eigenvalue weighted by atomic mass is 16.5. The summed E-state index contributed by atoms with van der Waals surface area (Å²) in [6, 6.07) is 15.2. The molecule has 1 atom stereocenters. The van der Waals surface area contributed by atoms with E-state index in [0.717, 1.165) is 10.9 Å². The maximum Gasteiger partial charge on any atom is 0.268 e. The van der Waals surface area contributed by atoms with Gasteiger partial charge in [-0.1, -0.05) is 30.3 Å². The van der Waals surface area contributed by atoms with Crippen molar-refractivity contribution in [1.29, 1.82) is 0 Å². The van der Waals surface area contributed by atoms with Crippen molar-refractivity contribution in [2.45, 2.75) is 6.04 Å². The van der Waals surface area contributed by atoms with Gasteiger partial charge in [-0.25, -0.2) is 0 Å². The Balaban J connectivity index is 1.86. The number of methoxy groups -OCH3 is 1. The average molecular weight is 323 g/mol.